The van der Waals surface area contributed by atoms with E-state index in [-0.39, 0.29) is 11.6 Å². The molecule has 1 aromatic rings. The standard InChI is InChI=1S/C13H17F2N3S/c14-10-1-2-11(15)12(7-10)18-13(16)17-8-9-3-5-19-6-4-9/h1-2,7,9H,3-6,8H2,(H3,16,17,18). The summed E-state index contributed by atoms with van der Waals surface area (Å²) in [6.07, 6.45) is 2.27. The van der Waals surface area contributed by atoms with Gasteiger partial charge in [0.25, 0.3) is 0 Å². The molecule has 1 aliphatic heterocycles. The lowest BCUT2D eigenvalue weighted by atomic mass is 10.0. The van der Waals surface area contributed by atoms with Gasteiger partial charge in [0.1, 0.15) is 11.6 Å². The van der Waals surface area contributed by atoms with Crippen LogP contribution in [0.3, 0.4) is 0 Å². The van der Waals surface area contributed by atoms with Gasteiger partial charge < -0.3 is 11.1 Å². The van der Waals surface area contributed by atoms with E-state index >= 15 is 0 Å². The number of benzene rings is 1. The summed E-state index contributed by atoms with van der Waals surface area (Å²) in [5, 5.41) is 2.60. The van der Waals surface area contributed by atoms with Crippen molar-refractivity contribution in [2.24, 2.45) is 16.6 Å². The third kappa shape index (κ3) is 4.38. The number of nitrogens with zero attached hydrogens (tertiary/aromatic N) is 1. The Morgan fingerprint density at radius 1 is 1.37 bits per heavy atom. The number of hydrogen-bond acceptors (Lipinski definition) is 2. The molecule has 0 atom stereocenters. The van der Waals surface area contributed by atoms with Crippen molar-refractivity contribution in [1.82, 2.24) is 0 Å². The zero-order valence-corrected chi connectivity index (χ0v) is 11.4. The van der Waals surface area contributed by atoms with E-state index in [4.69, 9.17) is 5.73 Å². The summed E-state index contributed by atoms with van der Waals surface area (Å²) in [6.45, 7) is 0.635. The largest absolute Gasteiger partial charge is 0.370 e. The summed E-state index contributed by atoms with van der Waals surface area (Å²) in [7, 11) is 0. The Labute approximate surface area is 115 Å². The molecule has 0 aliphatic carbocycles. The second kappa shape index (κ2) is 6.75. The zero-order valence-electron chi connectivity index (χ0n) is 10.5. The van der Waals surface area contributed by atoms with E-state index < -0.39 is 11.6 Å². The second-order valence-corrected chi connectivity index (χ2v) is 5.76. The average Bonchev–Trinajstić information content (AvgIpc) is 2.42. The highest BCUT2D eigenvalue weighted by Gasteiger charge is 2.13. The van der Waals surface area contributed by atoms with Crippen molar-refractivity contribution in [3.63, 3.8) is 0 Å². The lowest BCUT2D eigenvalue weighted by Gasteiger charge is -2.19. The molecule has 3 N–H and O–H groups in total. The first-order valence-corrected chi connectivity index (χ1v) is 7.40. The Kier molecular flexibility index (Phi) is 5.01. The molecule has 1 saturated heterocycles. The van der Waals surface area contributed by atoms with Crippen LogP contribution in [0.2, 0.25) is 0 Å². The van der Waals surface area contributed by atoms with Crippen LogP contribution in [0.5, 0.6) is 0 Å². The van der Waals surface area contributed by atoms with Crippen LogP contribution in [0.1, 0.15) is 12.8 Å². The predicted octanol–water partition coefficient (Wildman–Crippen LogP) is 2.83. The fourth-order valence-electron chi connectivity index (χ4n) is 1.93. The van der Waals surface area contributed by atoms with Crippen molar-refractivity contribution in [3.05, 3.63) is 29.8 Å². The van der Waals surface area contributed by atoms with Gasteiger partial charge in [0.05, 0.1) is 5.69 Å². The first-order valence-electron chi connectivity index (χ1n) is 6.25. The van der Waals surface area contributed by atoms with Crippen molar-refractivity contribution in [1.29, 1.82) is 0 Å². The first-order chi connectivity index (χ1) is 9.15. The van der Waals surface area contributed by atoms with E-state index in [0.717, 1.165) is 42.5 Å². The van der Waals surface area contributed by atoms with Crippen molar-refractivity contribution in [2.75, 3.05) is 23.4 Å². The van der Waals surface area contributed by atoms with Crippen molar-refractivity contribution >= 4 is 23.4 Å². The molecule has 0 unspecified atom stereocenters. The van der Waals surface area contributed by atoms with Gasteiger partial charge in [-0.1, -0.05) is 0 Å². The van der Waals surface area contributed by atoms with Crippen LogP contribution >= 0.6 is 11.8 Å². The van der Waals surface area contributed by atoms with Gasteiger partial charge in [-0.2, -0.15) is 11.8 Å². The molecule has 3 nitrogen and oxygen atoms in total. The van der Waals surface area contributed by atoms with Gasteiger partial charge in [-0.25, -0.2) is 8.78 Å². The van der Waals surface area contributed by atoms with E-state index in [2.05, 4.69) is 10.3 Å². The van der Waals surface area contributed by atoms with Crippen LogP contribution < -0.4 is 11.1 Å². The SMILES string of the molecule is NC(=NCC1CCSCC1)Nc1cc(F)ccc1F. The highest BCUT2D eigenvalue weighted by Crippen LogP contribution is 2.22. The molecular formula is C13H17F2N3S. The number of anilines is 1. The van der Waals surface area contributed by atoms with Gasteiger partial charge in [0.15, 0.2) is 5.96 Å². The number of guanidine groups is 1. The molecule has 1 heterocycles. The lowest BCUT2D eigenvalue weighted by Crippen LogP contribution is -2.25. The molecule has 0 bridgehead atoms. The molecule has 2 rings (SSSR count). The van der Waals surface area contributed by atoms with E-state index in [1.807, 2.05) is 11.8 Å². The Morgan fingerprint density at radius 3 is 2.84 bits per heavy atom. The summed E-state index contributed by atoms with van der Waals surface area (Å²) in [5.74, 6) is 1.93. The first kappa shape index (κ1) is 14.1. The molecule has 0 radical (unpaired) electrons. The van der Waals surface area contributed by atoms with Gasteiger partial charge in [-0.15, -0.1) is 0 Å². The van der Waals surface area contributed by atoms with Crippen LogP contribution in [0.4, 0.5) is 14.5 Å². The quantitative estimate of drug-likeness (QED) is 0.663. The number of rotatable bonds is 3. The smallest absolute Gasteiger partial charge is 0.193 e. The van der Waals surface area contributed by atoms with Gasteiger partial charge in [-0.3, -0.25) is 4.99 Å². The fourth-order valence-corrected chi connectivity index (χ4v) is 3.13. The van der Waals surface area contributed by atoms with Gasteiger partial charge in [0.2, 0.25) is 0 Å². The molecule has 0 saturated carbocycles. The third-order valence-corrected chi connectivity index (χ3v) is 4.10. The molecule has 6 heteroatoms. The maximum absolute atomic E-state index is 13.4. The van der Waals surface area contributed by atoms with Gasteiger partial charge in [0, 0.05) is 12.6 Å². The van der Waals surface area contributed by atoms with Gasteiger partial charge >= 0.3 is 0 Å². The van der Waals surface area contributed by atoms with E-state index in [1.165, 1.54) is 0 Å². The number of thioether (sulfide) groups is 1. The minimum Gasteiger partial charge on any atom is -0.370 e. The van der Waals surface area contributed by atoms with Crippen LogP contribution in [0.15, 0.2) is 23.2 Å². The number of hydrogen-bond donors (Lipinski definition) is 2. The number of halogens is 2. The molecule has 1 aromatic carbocycles. The molecule has 0 aromatic heterocycles. The average molecular weight is 285 g/mol. The lowest BCUT2D eigenvalue weighted by molar-refractivity contribution is 0.503. The predicted molar refractivity (Wildman–Crippen MR) is 76.5 cm³/mol. The molecular weight excluding hydrogens is 268 g/mol. The molecule has 0 amide bonds. The Balaban J connectivity index is 1.92. The summed E-state index contributed by atoms with van der Waals surface area (Å²) in [6, 6.07) is 3.19. The second-order valence-electron chi connectivity index (χ2n) is 4.53. The van der Waals surface area contributed by atoms with Crippen LogP contribution in [0.25, 0.3) is 0 Å². The summed E-state index contributed by atoms with van der Waals surface area (Å²) in [4.78, 5) is 4.20. The third-order valence-electron chi connectivity index (χ3n) is 3.05. The highest BCUT2D eigenvalue weighted by molar-refractivity contribution is 7.99. The summed E-state index contributed by atoms with van der Waals surface area (Å²) in [5.41, 5.74) is 5.70. The molecule has 1 aliphatic rings. The number of nitrogens with one attached hydrogen (secondary N) is 1. The maximum atomic E-state index is 13.4. The van der Waals surface area contributed by atoms with Crippen LogP contribution in [-0.4, -0.2) is 24.0 Å². The minimum atomic E-state index is -0.548. The van der Waals surface area contributed by atoms with E-state index in [1.54, 1.807) is 0 Å². The van der Waals surface area contributed by atoms with Crippen molar-refractivity contribution in [2.45, 2.75) is 12.8 Å². The fraction of sp³-hybridized carbons (Fsp3) is 0.462. The van der Waals surface area contributed by atoms with E-state index in [9.17, 15) is 8.78 Å². The minimum absolute atomic E-state index is 0.0143. The van der Waals surface area contributed by atoms with Crippen molar-refractivity contribution in [3.8, 4) is 0 Å². The number of aliphatic imine (C=N–C) groups is 1. The molecule has 1 fully saturated rings. The molecule has 0 spiro atoms. The maximum Gasteiger partial charge on any atom is 0.193 e. The van der Waals surface area contributed by atoms with Crippen molar-refractivity contribution < 1.29 is 8.78 Å². The monoisotopic (exact) mass is 285 g/mol. The zero-order chi connectivity index (χ0) is 13.7. The normalized spacial score (nSPS) is 17.5. The van der Waals surface area contributed by atoms with Crippen LogP contribution in [-0.2, 0) is 0 Å². The Bertz CT molecular complexity index is 459. The Hall–Kier alpha value is -1.30. The summed E-state index contributed by atoms with van der Waals surface area (Å²) < 4.78 is 26.4. The Morgan fingerprint density at radius 2 is 2.11 bits per heavy atom. The van der Waals surface area contributed by atoms with E-state index in [0.29, 0.717) is 12.5 Å². The molecule has 19 heavy (non-hydrogen) atoms. The van der Waals surface area contributed by atoms with Gasteiger partial charge in [-0.05, 0) is 42.4 Å². The van der Waals surface area contributed by atoms with Crippen LogP contribution in [0, 0.1) is 17.6 Å². The number of nitrogens with two attached hydrogens (primary N) is 1. The highest BCUT2D eigenvalue weighted by atomic mass is 32.2. The topological polar surface area (TPSA) is 50.4 Å². The molecule has 104 valence electrons. The summed E-state index contributed by atoms with van der Waals surface area (Å²) >= 11 is 1.95.